The number of aromatic nitrogens is 3. The van der Waals surface area contributed by atoms with E-state index in [0.717, 1.165) is 50.0 Å². The summed E-state index contributed by atoms with van der Waals surface area (Å²) in [4.78, 5) is 6.70. The Morgan fingerprint density at radius 1 is 1.43 bits per heavy atom. The van der Waals surface area contributed by atoms with Crippen LogP contribution in [-0.4, -0.2) is 45.8 Å². The minimum absolute atomic E-state index is 0.690. The third-order valence-electron chi connectivity index (χ3n) is 3.47. The van der Waals surface area contributed by atoms with Crippen LogP contribution in [0.1, 0.15) is 31.9 Å². The van der Waals surface area contributed by atoms with Gasteiger partial charge in [0.05, 0.1) is 12.8 Å². The summed E-state index contributed by atoms with van der Waals surface area (Å²) in [6.45, 7) is 7.29. The van der Waals surface area contributed by atoms with Gasteiger partial charge < -0.3 is 19.2 Å². The van der Waals surface area contributed by atoms with Gasteiger partial charge in [0, 0.05) is 33.1 Å². The molecule has 0 aliphatic carbocycles. The molecule has 126 valence electrons. The van der Waals surface area contributed by atoms with Crippen LogP contribution in [0, 0.1) is 0 Å². The van der Waals surface area contributed by atoms with E-state index in [-0.39, 0.29) is 0 Å². The highest BCUT2D eigenvalue weighted by molar-refractivity contribution is 5.79. The highest BCUT2D eigenvalue weighted by Gasteiger charge is 2.09. The summed E-state index contributed by atoms with van der Waals surface area (Å²) >= 11 is 0. The lowest BCUT2D eigenvalue weighted by Gasteiger charge is -2.21. The molecule has 2 rings (SSSR count). The van der Waals surface area contributed by atoms with Crippen molar-refractivity contribution in [2.75, 3.05) is 20.1 Å². The molecule has 0 fully saturated rings. The SMILES string of the molecule is CCCN=C(NCCn1cnnc1CC)N(C)Cc1ccco1. The van der Waals surface area contributed by atoms with Crippen LogP contribution >= 0.6 is 0 Å². The lowest BCUT2D eigenvalue weighted by atomic mass is 10.4. The van der Waals surface area contributed by atoms with Gasteiger partial charge in [-0.05, 0) is 18.6 Å². The van der Waals surface area contributed by atoms with Crippen molar-refractivity contribution in [2.24, 2.45) is 4.99 Å². The summed E-state index contributed by atoms with van der Waals surface area (Å²) in [5, 5.41) is 11.5. The van der Waals surface area contributed by atoms with Crippen molar-refractivity contribution in [3.05, 3.63) is 36.3 Å². The summed E-state index contributed by atoms with van der Waals surface area (Å²) in [5.41, 5.74) is 0. The standard InChI is InChI=1S/C16H26N6O/c1-4-8-17-16(21(3)12-14-7-6-11-23-14)18-9-10-22-13-19-20-15(22)5-2/h6-7,11,13H,4-5,8-10,12H2,1-3H3,(H,17,18). The quantitative estimate of drug-likeness (QED) is 0.595. The molecule has 0 aliphatic rings. The van der Waals surface area contributed by atoms with Crippen LogP contribution in [0.4, 0.5) is 0 Å². The van der Waals surface area contributed by atoms with Crippen LogP contribution in [0.25, 0.3) is 0 Å². The number of aryl methyl sites for hydroxylation is 1. The second-order valence-electron chi connectivity index (χ2n) is 5.36. The van der Waals surface area contributed by atoms with Crippen LogP contribution in [-0.2, 0) is 19.5 Å². The Kier molecular flexibility index (Phi) is 6.65. The first kappa shape index (κ1) is 17.1. The van der Waals surface area contributed by atoms with Crippen molar-refractivity contribution in [3.63, 3.8) is 0 Å². The molecule has 0 saturated carbocycles. The molecule has 0 unspecified atom stereocenters. The normalized spacial score (nSPS) is 11.7. The molecule has 23 heavy (non-hydrogen) atoms. The highest BCUT2D eigenvalue weighted by Crippen LogP contribution is 2.04. The Morgan fingerprint density at radius 2 is 2.30 bits per heavy atom. The second-order valence-corrected chi connectivity index (χ2v) is 5.36. The van der Waals surface area contributed by atoms with Gasteiger partial charge in [0.2, 0.25) is 0 Å². The van der Waals surface area contributed by atoms with Crippen molar-refractivity contribution in [3.8, 4) is 0 Å². The molecule has 0 aliphatic heterocycles. The van der Waals surface area contributed by atoms with E-state index in [1.54, 1.807) is 12.6 Å². The molecule has 7 nitrogen and oxygen atoms in total. The Hall–Kier alpha value is -2.31. The summed E-state index contributed by atoms with van der Waals surface area (Å²) in [5.74, 6) is 2.81. The maximum Gasteiger partial charge on any atom is 0.194 e. The molecule has 2 heterocycles. The maximum absolute atomic E-state index is 5.41. The molecule has 0 atom stereocenters. The fourth-order valence-corrected chi connectivity index (χ4v) is 2.27. The predicted octanol–water partition coefficient (Wildman–Crippen LogP) is 1.92. The molecular weight excluding hydrogens is 292 g/mol. The first-order chi connectivity index (χ1) is 11.2. The number of furan rings is 1. The predicted molar refractivity (Wildman–Crippen MR) is 90.2 cm³/mol. The summed E-state index contributed by atoms with van der Waals surface area (Å²) in [6, 6.07) is 3.87. The van der Waals surface area contributed by atoms with Crippen molar-refractivity contribution >= 4 is 5.96 Å². The molecule has 0 amide bonds. The maximum atomic E-state index is 5.41. The second kappa shape index (κ2) is 8.97. The van der Waals surface area contributed by atoms with E-state index in [1.165, 1.54) is 0 Å². The Labute approximate surface area is 137 Å². The van der Waals surface area contributed by atoms with E-state index in [4.69, 9.17) is 4.42 Å². The molecule has 0 saturated heterocycles. The van der Waals surface area contributed by atoms with E-state index in [2.05, 4.69) is 43.8 Å². The largest absolute Gasteiger partial charge is 0.467 e. The van der Waals surface area contributed by atoms with Gasteiger partial charge in [-0.1, -0.05) is 13.8 Å². The smallest absolute Gasteiger partial charge is 0.194 e. The van der Waals surface area contributed by atoms with Crippen LogP contribution in [0.2, 0.25) is 0 Å². The zero-order chi connectivity index (χ0) is 16.5. The Morgan fingerprint density at radius 3 is 3.00 bits per heavy atom. The average Bonchev–Trinajstić information content (AvgIpc) is 3.21. The number of hydrogen-bond donors (Lipinski definition) is 1. The van der Waals surface area contributed by atoms with E-state index in [1.807, 2.05) is 19.2 Å². The minimum Gasteiger partial charge on any atom is -0.467 e. The topological polar surface area (TPSA) is 71.5 Å². The lowest BCUT2D eigenvalue weighted by molar-refractivity contribution is 0.398. The van der Waals surface area contributed by atoms with Gasteiger partial charge in [0.25, 0.3) is 0 Å². The molecule has 0 radical (unpaired) electrons. The van der Waals surface area contributed by atoms with Crippen molar-refractivity contribution in [1.82, 2.24) is 25.0 Å². The van der Waals surface area contributed by atoms with E-state index < -0.39 is 0 Å². The third kappa shape index (κ3) is 5.12. The van der Waals surface area contributed by atoms with E-state index in [0.29, 0.717) is 6.54 Å². The molecule has 0 bridgehead atoms. The van der Waals surface area contributed by atoms with Crippen molar-refractivity contribution < 1.29 is 4.42 Å². The van der Waals surface area contributed by atoms with Gasteiger partial charge in [-0.3, -0.25) is 4.99 Å². The monoisotopic (exact) mass is 318 g/mol. The van der Waals surface area contributed by atoms with Crippen molar-refractivity contribution in [1.29, 1.82) is 0 Å². The van der Waals surface area contributed by atoms with Gasteiger partial charge in [0.1, 0.15) is 17.9 Å². The Bertz CT molecular complexity index is 589. The molecule has 2 aromatic heterocycles. The van der Waals surface area contributed by atoms with Gasteiger partial charge >= 0.3 is 0 Å². The molecule has 0 aromatic carbocycles. The molecule has 2 aromatic rings. The fraction of sp³-hybridized carbons (Fsp3) is 0.562. The number of rotatable bonds is 8. The summed E-state index contributed by atoms with van der Waals surface area (Å²) < 4.78 is 7.47. The third-order valence-corrected chi connectivity index (χ3v) is 3.47. The number of nitrogens with one attached hydrogen (secondary N) is 1. The molecule has 0 spiro atoms. The van der Waals surface area contributed by atoms with Gasteiger partial charge in [-0.2, -0.15) is 0 Å². The van der Waals surface area contributed by atoms with Gasteiger partial charge in [-0.25, -0.2) is 0 Å². The van der Waals surface area contributed by atoms with Crippen LogP contribution in [0.15, 0.2) is 34.1 Å². The molecular formula is C16H26N6O. The van der Waals surface area contributed by atoms with Crippen LogP contribution in [0.5, 0.6) is 0 Å². The number of aliphatic imine (C=N–C) groups is 1. The highest BCUT2D eigenvalue weighted by atomic mass is 16.3. The fourth-order valence-electron chi connectivity index (χ4n) is 2.27. The number of nitrogens with zero attached hydrogens (tertiary/aromatic N) is 5. The molecule has 1 N–H and O–H groups in total. The molecule has 7 heteroatoms. The van der Waals surface area contributed by atoms with Gasteiger partial charge in [0.15, 0.2) is 5.96 Å². The number of guanidine groups is 1. The summed E-state index contributed by atoms with van der Waals surface area (Å²) in [6.07, 6.45) is 5.37. The van der Waals surface area contributed by atoms with Crippen molar-refractivity contribution in [2.45, 2.75) is 39.8 Å². The zero-order valence-electron chi connectivity index (χ0n) is 14.2. The lowest BCUT2D eigenvalue weighted by Crippen LogP contribution is -2.40. The van der Waals surface area contributed by atoms with Crippen LogP contribution in [0.3, 0.4) is 0 Å². The first-order valence-corrected chi connectivity index (χ1v) is 8.13. The van der Waals surface area contributed by atoms with E-state index >= 15 is 0 Å². The van der Waals surface area contributed by atoms with Gasteiger partial charge in [-0.15, -0.1) is 10.2 Å². The summed E-state index contributed by atoms with van der Waals surface area (Å²) in [7, 11) is 2.01. The first-order valence-electron chi connectivity index (χ1n) is 8.13. The average molecular weight is 318 g/mol. The number of hydrogen-bond acceptors (Lipinski definition) is 4. The zero-order valence-corrected chi connectivity index (χ0v) is 14.2. The minimum atomic E-state index is 0.690. The van der Waals surface area contributed by atoms with Crippen LogP contribution < -0.4 is 5.32 Å². The Balaban J connectivity index is 1.90. The van der Waals surface area contributed by atoms with E-state index in [9.17, 15) is 0 Å².